The number of allylic oxidation sites excluding steroid dienone is 8. The molecule has 0 aromatic heterocycles. The Morgan fingerprint density at radius 1 is 0.933 bits per heavy atom. The molecule has 0 unspecified atom stereocenters. The van der Waals surface area contributed by atoms with Crippen LogP contribution in [0.1, 0.15) is 19.3 Å². The highest BCUT2D eigenvalue weighted by atomic mass is 16.1. The lowest BCUT2D eigenvalue weighted by Gasteiger charge is -2.01. The van der Waals surface area contributed by atoms with Crippen LogP contribution in [0.4, 0.5) is 0 Å². The molecule has 0 atom stereocenters. The minimum atomic E-state index is -0.0437. The van der Waals surface area contributed by atoms with Crippen LogP contribution in [0.25, 0.3) is 0 Å². The van der Waals surface area contributed by atoms with Crippen molar-refractivity contribution < 1.29 is 9.59 Å². The van der Waals surface area contributed by atoms with Gasteiger partial charge in [0.1, 0.15) is 0 Å². The van der Waals surface area contributed by atoms with Gasteiger partial charge in [0.25, 0.3) is 0 Å². The standard InChI is InChI=1S/C13H12O2/c14-12(10-5-1-2-6-10)9-13(15)11-7-3-4-8-11/h1-5,7H,6,8-9H2. The van der Waals surface area contributed by atoms with Crippen molar-refractivity contribution in [3.63, 3.8) is 0 Å². The van der Waals surface area contributed by atoms with Crippen LogP contribution in [0.15, 0.2) is 47.6 Å². The first kappa shape index (κ1) is 9.84. The topological polar surface area (TPSA) is 34.1 Å². The Bertz CT molecular complexity index is 380. The number of Topliss-reactive ketones (excluding diaryl/α,β-unsaturated/α-hetero) is 2. The number of hydrogen-bond acceptors (Lipinski definition) is 2. The highest BCUT2D eigenvalue weighted by molar-refractivity contribution is 6.13. The van der Waals surface area contributed by atoms with E-state index in [1.807, 2.05) is 24.3 Å². The molecule has 15 heavy (non-hydrogen) atoms. The van der Waals surface area contributed by atoms with Crippen LogP contribution < -0.4 is 0 Å². The largest absolute Gasteiger partial charge is 0.294 e. The van der Waals surface area contributed by atoms with Gasteiger partial charge >= 0.3 is 0 Å². The molecule has 2 heteroatoms. The van der Waals surface area contributed by atoms with E-state index in [9.17, 15) is 9.59 Å². The summed E-state index contributed by atoms with van der Waals surface area (Å²) in [5, 5.41) is 0. The van der Waals surface area contributed by atoms with Gasteiger partial charge in [0, 0.05) is 0 Å². The Balaban J connectivity index is 1.92. The highest BCUT2D eigenvalue weighted by Crippen LogP contribution is 2.17. The summed E-state index contributed by atoms with van der Waals surface area (Å²) in [6.07, 6.45) is 12.5. The number of carbonyl (C=O) groups excluding carboxylic acids is 2. The predicted molar refractivity (Wildman–Crippen MR) is 58.3 cm³/mol. The van der Waals surface area contributed by atoms with Crippen LogP contribution in [0, 0.1) is 0 Å². The molecule has 0 aromatic carbocycles. The quantitative estimate of drug-likeness (QED) is 0.652. The molecule has 76 valence electrons. The van der Waals surface area contributed by atoms with Crippen LogP contribution >= 0.6 is 0 Å². The lowest BCUT2D eigenvalue weighted by atomic mass is 10.0. The summed E-state index contributed by atoms with van der Waals surface area (Å²) in [7, 11) is 0. The van der Waals surface area contributed by atoms with Gasteiger partial charge in [0.05, 0.1) is 6.42 Å². The number of carbonyl (C=O) groups is 2. The molecule has 0 heterocycles. The molecule has 0 bridgehead atoms. The fraction of sp³-hybridized carbons (Fsp3) is 0.231. The van der Waals surface area contributed by atoms with Crippen molar-refractivity contribution in [1.29, 1.82) is 0 Å². The highest BCUT2D eigenvalue weighted by Gasteiger charge is 2.17. The van der Waals surface area contributed by atoms with Crippen LogP contribution in [-0.2, 0) is 9.59 Å². The van der Waals surface area contributed by atoms with Gasteiger partial charge in [-0.2, -0.15) is 0 Å². The van der Waals surface area contributed by atoms with Crippen molar-refractivity contribution in [2.75, 3.05) is 0 Å². The third kappa shape index (κ3) is 2.21. The molecule has 2 nitrogen and oxygen atoms in total. The third-order valence-electron chi connectivity index (χ3n) is 2.58. The van der Waals surface area contributed by atoms with Crippen molar-refractivity contribution in [2.24, 2.45) is 0 Å². The summed E-state index contributed by atoms with van der Waals surface area (Å²) in [4.78, 5) is 23.3. The van der Waals surface area contributed by atoms with Gasteiger partial charge < -0.3 is 0 Å². The summed E-state index contributed by atoms with van der Waals surface area (Å²) < 4.78 is 0. The zero-order chi connectivity index (χ0) is 10.7. The van der Waals surface area contributed by atoms with Gasteiger partial charge in [-0.1, -0.05) is 36.5 Å². The first-order chi connectivity index (χ1) is 7.27. The van der Waals surface area contributed by atoms with Crippen molar-refractivity contribution >= 4 is 11.6 Å². The van der Waals surface area contributed by atoms with Crippen LogP contribution in [0.3, 0.4) is 0 Å². The van der Waals surface area contributed by atoms with Crippen molar-refractivity contribution in [1.82, 2.24) is 0 Å². The fourth-order valence-electron chi connectivity index (χ4n) is 1.68. The maximum atomic E-state index is 11.6. The average Bonchev–Trinajstić information content (AvgIpc) is 2.91. The van der Waals surface area contributed by atoms with Gasteiger partial charge in [-0.05, 0) is 24.0 Å². The normalized spacial score (nSPS) is 17.9. The van der Waals surface area contributed by atoms with E-state index in [0.717, 1.165) is 11.1 Å². The minimum absolute atomic E-state index is 0.0149. The Labute approximate surface area is 88.7 Å². The van der Waals surface area contributed by atoms with Crippen LogP contribution in [0.2, 0.25) is 0 Å². The number of hydrogen-bond donors (Lipinski definition) is 0. The van der Waals surface area contributed by atoms with Crippen molar-refractivity contribution in [2.45, 2.75) is 19.3 Å². The molecule has 0 radical (unpaired) electrons. The van der Waals surface area contributed by atoms with Gasteiger partial charge in [-0.25, -0.2) is 0 Å². The average molecular weight is 200 g/mol. The Morgan fingerprint density at radius 2 is 1.40 bits per heavy atom. The van der Waals surface area contributed by atoms with E-state index in [2.05, 4.69) is 0 Å². The third-order valence-corrected chi connectivity index (χ3v) is 2.58. The molecular formula is C13H12O2. The fourth-order valence-corrected chi connectivity index (χ4v) is 1.68. The molecule has 0 amide bonds. The second-order valence-corrected chi connectivity index (χ2v) is 3.67. The van der Waals surface area contributed by atoms with E-state index in [1.54, 1.807) is 12.2 Å². The number of ketones is 2. The van der Waals surface area contributed by atoms with Gasteiger partial charge in [0.2, 0.25) is 0 Å². The van der Waals surface area contributed by atoms with Gasteiger partial charge in [-0.15, -0.1) is 0 Å². The van der Waals surface area contributed by atoms with Gasteiger partial charge in [0.15, 0.2) is 11.6 Å². The molecular weight excluding hydrogens is 188 g/mol. The smallest absolute Gasteiger partial charge is 0.166 e. The Morgan fingerprint density at radius 3 is 1.73 bits per heavy atom. The lowest BCUT2D eigenvalue weighted by Crippen LogP contribution is -2.10. The first-order valence-corrected chi connectivity index (χ1v) is 5.05. The zero-order valence-electron chi connectivity index (χ0n) is 8.40. The lowest BCUT2D eigenvalue weighted by molar-refractivity contribution is -0.123. The molecule has 0 spiro atoms. The van der Waals surface area contributed by atoms with Crippen LogP contribution in [-0.4, -0.2) is 11.6 Å². The monoisotopic (exact) mass is 200 g/mol. The molecule has 0 N–H and O–H groups in total. The van der Waals surface area contributed by atoms with Crippen molar-refractivity contribution in [3.05, 3.63) is 47.6 Å². The minimum Gasteiger partial charge on any atom is -0.294 e. The molecule has 0 saturated heterocycles. The molecule has 2 rings (SSSR count). The van der Waals surface area contributed by atoms with E-state index >= 15 is 0 Å². The molecule has 0 aliphatic heterocycles. The zero-order valence-corrected chi connectivity index (χ0v) is 8.40. The first-order valence-electron chi connectivity index (χ1n) is 5.05. The SMILES string of the molecule is O=C(CC(=O)C1=CC=CC1)C1=CC=CC1. The van der Waals surface area contributed by atoms with E-state index in [-0.39, 0.29) is 18.0 Å². The predicted octanol–water partition coefficient (Wildman–Crippen LogP) is 2.29. The van der Waals surface area contributed by atoms with E-state index in [0.29, 0.717) is 12.8 Å². The molecule has 0 saturated carbocycles. The summed E-state index contributed by atoms with van der Waals surface area (Å²) in [5.74, 6) is -0.0874. The maximum Gasteiger partial charge on any atom is 0.166 e. The van der Waals surface area contributed by atoms with E-state index < -0.39 is 0 Å². The molecule has 0 fully saturated rings. The summed E-state index contributed by atoms with van der Waals surface area (Å²) >= 11 is 0. The second-order valence-electron chi connectivity index (χ2n) is 3.67. The van der Waals surface area contributed by atoms with E-state index in [4.69, 9.17) is 0 Å². The van der Waals surface area contributed by atoms with Gasteiger partial charge in [-0.3, -0.25) is 9.59 Å². The Hall–Kier alpha value is -1.70. The van der Waals surface area contributed by atoms with Crippen molar-refractivity contribution in [3.8, 4) is 0 Å². The molecule has 2 aliphatic carbocycles. The second kappa shape index (κ2) is 4.22. The molecule has 2 aliphatic rings. The summed E-state index contributed by atoms with van der Waals surface area (Å²) in [6, 6.07) is 0. The summed E-state index contributed by atoms with van der Waals surface area (Å²) in [5.41, 5.74) is 1.49. The van der Waals surface area contributed by atoms with E-state index in [1.165, 1.54) is 0 Å². The summed E-state index contributed by atoms with van der Waals surface area (Å²) in [6.45, 7) is 0. The Kier molecular flexibility index (Phi) is 2.77. The number of rotatable bonds is 4. The maximum absolute atomic E-state index is 11.6. The molecule has 0 aromatic rings. The van der Waals surface area contributed by atoms with Crippen LogP contribution in [0.5, 0.6) is 0 Å².